The van der Waals surface area contributed by atoms with Gasteiger partial charge < -0.3 is 38.2 Å². The SMILES string of the molecule is N#Cc1c(Oc2ccc(N(CC3CO3)CC3CO3)cc2)cccc1Oc1ccc(N(CC2CO2)CC2CO2)cc1. The molecular formula is C31H31N3O6. The summed E-state index contributed by atoms with van der Waals surface area (Å²) in [5, 5.41) is 9.98. The van der Waals surface area contributed by atoms with Crippen LogP contribution in [0, 0.1) is 11.3 Å². The minimum atomic E-state index is 0.292. The van der Waals surface area contributed by atoms with Crippen molar-refractivity contribution in [2.75, 3.05) is 62.4 Å². The highest BCUT2D eigenvalue weighted by molar-refractivity contribution is 5.57. The molecule has 0 spiro atoms. The Morgan fingerprint density at radius 3 is 1.25 bits per heavy atom. The van der Waals surface area contributed by atoms with Gasteiger partial charge >= 0.3 is 0 Å². The third-order valence-electron chi connectivity index (χ3n) is 7.26. The first-order chi connectivity index (χ1) is 19.7. The first-order valence-electron chi connectivity index (χ1n) is 13.8. The van der Waals surface area contributed by atoms with Crippen LogP contribution in [-0.4, -0.2) is 77.0 Å². The van der Waals surface area contributed by atoms with Crippen molar-refractivity contribution in [1.29, 1.82) is 5.26 Å². The lowest BCUT2D eigenvalue weighted by molar-refractivity contribution is 0.388. The molecule has 0 amide bonds. The first-order valence-corrected chi connectivity index (χ1v) is 13.8. The average molecular weight is 542 g/mol. The Morgan fingerprint density at radius 1 is 0.600 bits per heavy atom. The summed E-state index contributed by atoms with van der Waals surface area (Å²) < 4.78 is 34.0. The van der Waals surface area contributed by atoms with Crippen molar-refractivity contribution < 1.29 is 28.4 Å². The highest BCUT2D eigenvalue weighted by atomic mass is 16.6. The van der Waals surface area contributed by atoms with Gasteiger partial charge in [-0.25, -0.2) is 0 Å². The molecule has 0 aliphatic carbocycles. The molecule has 4 fully saturated rings. The van der Waals surface area contributed by atoms with E-state index in [4.69, 9.17) is 28.4 Å². The number of nitriles is 1. The van der Waals surface area contributed by atoms with E-state index in [1.54, 1.807) is 12.1 Å². The Kier molecular flexibility index (Phi) is 6.92. The Hall–Kier alpha value is -3.81. The van der Waals surface area contributed by atoms with Crippen LogP contribution in [0.1, 0.15) is 5.56 Å². The van der Waals surface area contributed by atoms with Crippen molar-refractivity contribution in [1.82, 2.24) is 0 Å². The van der Waals surface area contributed by atoms with Crippen LogP contribution in [0.4, 0.5) is 11.4 Å². The number of epoxide rings is 4. The van der Waals surface area contributed by atoms with Crippen molar-refractivity contribution in [3.05, 3.63) is 72.3 Å². The summed E-state index contributed by atoms with van der Waals surface area (Å²) >= 11 is 0. The summed E-state index contributed by atoms with van der Waals surface area (Å²) in [5.74, 6) is 2.18. The number of rotatable bonds is 14. The highest BCUT2D eigenvalue weighted by Gasteiger charge is 2.32. The number of nitrogens with zero attached hydrogens (tertiary/aromatic N) is 3. The van der Waals surface area contributed by atoms with E-state index in [2.05, 4.69) is 15.9 Å². The zero-order valence-electron chi connectivity index (χ0n) is 22.1. The summed E-state index contributed by atoms with van der Waals surface area (Å²) in [6.45, 7) is 6.64. The van der Waals surface area contributed by atoms with Gasteiger partial charge in [-0.05, 0) is 60.7 Å². The predicted octanol–water partition coefficient (Wildman–Crippen LogP) is 4.35. The zero-order valence-corrected chi connectivity index (χ0v) is 22.1. The van der Waals surface area contributed by atoms with E-state index in [-0.39, 0.29) is 0 Å². The summed E-state index contributed by atoms with van der Waals surface area (Å²) in [6.07, 6.45) is 1.17. The van der Waals surface area contributed by atoms with Gasteiger partial charge in [-0.2, -0.15) is 5.26 Å². The van der Waals surface area contributed by atoms with Gasteiger partial charge in [0.05, 0.1) is 50.8 Å². The van der Waals surface area contributed by atoms with Crippen LogP contribution in [0.25, 0.3) is 0 Å². The second-order valence-corrected chi connectivity index (χ2v) is 10.6. The van der Waals surface area contributed by atoms with Gasteiger partial charge in [0.1, 0.15) is 34.6 Å². The number of ether oxygens (including phenoxy) is 6. The standard InChI is InChI=1S/C31H31N3O6/c32-12-29-30(39-23-8-4-21(5-9-23)33(13-25-17-35-25)14-26-18-36-26)2-1-3-31(29)40-24-10-6-22(7-11-24)34(15-27-19-37-27)16-28-20-38-28/h1-11,25-28H,13-20H2. The second kappa shape index (κ2) is 11.0. The maximum atomic E-state index is 9.98. The smallest absolute Gasteiger partial charge is 0.149 e. The molecule has 4 saturated heterocycles. The van der Waals surface area contributed by atoms with E-state index in [9.17, 15) is 5.26 Å². The zero-order chi connectivity index (χ0) is 26.9. The molecule has 3 aromatic rings. The van der Waals surface area contributed by atoms with Crippen molar-refractivity contribution in [3.8, 4) is 29.1 Å². The van der Waals surface area contributed by atoms with Gasteiger partial charge in [-0.1, -0.05) is 6.07 Å². The van der Waals surface area contributed by atoms with Crippen molar-refractivity contribution in [2.24, 2.45) is 0 Å². The van der Waals surface area contributed by atoms with Gasteiger partial charge in [0.2, 0.25) is 0 Å². The minimum Gasteiger partial charge on any atom is -0.456 e. The number of benzene rings is 3. The maximum absolute atomic E-state index is 9.98. The molecule has 4 atom stereocenters. The molecule has 206 valence electrons. The van der Waals surface area contributed by atoms with Crippen LogP contribution in [0.3, 0.4) is 0 Å². The Bertz CT molecular complexity index is 1240. The molecule has 3 aromatic carbocycles. The van der Waals surface area contributed by atoms with Crippen LogP contribution >= 0.6 is 0 Å². The van der Waals surface area contributed by atoms with Crippen molar-refractivity contribution in [2.45, 2.75) is 24.4 Å². The van der Waals surface area contributed by atoms with Crippen LogP contribution in [-0.2, 0) is 18.9 Å². The Labute approximate surface area is 233 Å². The maximum Gasteiger partial charge on any atom is 0.149 e. The summed E-state index contributed by atoms with van der Waals surface area (Å²) in [5.41, 5.74) is 2.52. The van der Waals surface area contributed by atoms with Gasteiger partial charge in [-0.3, -0.25) is 0 Å². The fourth-order valence-electron chi connectivity index (χ4n) is 4.74. The van der Waals surface area contributed by atoms with E-state index in [0.717, 1.165) is 64.0 Å². The number of anilines is 2. The van der Waals surface area contributed by atoms with Crippen molar-refractivity contribution in [3.63, 3.8) is 0 Å². The second-order valence-electron chi connectivity index (χ2n) is 10.6. The van der Waals surface area contributed by atoms with Gasteiger partial charge in [0.15, 0.2) is 0 Å². The van der Waals surface area contributed by atoms with Gasteiger partial charge in [0, 0.05) is 37.6 Å². The van der Waals surface area contributed by atoms with Crippen LogP contribution in [0.2, 0.25) is 0 Å². The van der Waals surface area contributed by atoms with E-state index in [1.807, 2.05) is 54.6 Å². The molecule has 4 heterocycles. The lowest BCUT2D eigenvalue weighted by atomic mass is 10.2. The van der Waals surface area contributed by atoms with Crippen LogP contribution in [0.5, 0.6) is 23.0 Å². The molecular weight excluding hydrogens is 510 g/mol. The third kappa shape index (κ3) is 6.49. The average Bonchev–Trinajstić information content (AvgIpc) is 3.79. The third-order valence-corrected chi connectivity index (χ3v) is 7.26. The molecule has 7 rings (SSSR count). The van der Waals surface area contributed by atoms with E-state index < -0.39 is 0 Å². The molecule has 0 aromatic heterocycles. The monoisotopic (exact) mass is 541 g/mol. The van der Waals surface area contributed by atoms with Crippen molar-refractivity contribution >= 4 is 11.4 Å². The molecule has 0 N–H and O–H groups in total. The fraction of sp³-hybridized carbons (Fsp3) is 0.387. The minimum absolute atomic E-state index is 0.292. The molecule has 0 bridgehead atoms. The summed E-state index contributed by atoms with van der Waals surface area (Å²) in [4.78, 5) is 4.58. The molecule has 4 unspecified atom stereocenters. The number of hydrogen-bond acceptors (Lipinski definition) is 9. The largest absolute Gasteiger partial charge is 0.456 e. The summed E-state index contributed by atoms with van der Waals surface area (Å²) in [7, 11) is 0. The summed E-state index contributed by atoms with van der Waals surface area (Å²) in [6, 6.07) is 23.4. The highest BCUT2D eigenvalue weighted by Crippen LogP contribution is 2.35. The molecule has 0 saturated carbocycles. The fourth-order valence-corrected chi connectivity index (χ4v) is 4.74. The lowest BCUT2D eigenvalue weighted by Crippen LogP contribution is -2.31. The quantitative estimate of drug-likeness (QED) is 0.276. The topological polar surface area (TPSA) is 98.8 Å². The van der Waals surface area contributed by atoms with E-state index in [1.165, 1.54) is 0 Å². The molecule has 0 radical (unpaired) electrons. The Morgan fingerprint density at radius 2 is 0.950 bits per heavy atom. The molecule has 9 heteroatoms. The predicted molar refractivity (Wildman–Crippen MR) is 148 cm³/mol. The molecule has 4 aliphatic rings. The normalized spacial score (nSPS) is 23.6. The van der Waals surface area contributed by atoms with Gasteiger partial charge in [-0.15, -0.1) is 0 Å². The van der Waals surface area contributed by atoms with E-state index in [0.29, 0.717) is 53.0 Å². The van der Waals surface area contributed by atoms with Gasteiger partial charge in [0.25, 0.3) is 0 Å². The molecule has 4 aliphatic heterocycles. The lowest BCUT2D eigenvalue weighted by Gasteiger charge is -2.23. The van der Waals surface area contributed by atoms with Crippen LogP contribution in [0.15, 0.2) is 66.7 Å². The van der Waals surface area contributed by atoms with Crippen LogP contribution < -0.4 is 19.3 Å². The Balaban J connectivity index is 1.03. The van der Waals surface area contributed by atoms with E-state index >= 15 is 0 Å². The molecule has 40 heavy (non-hydrogen) atoms. The first kappa shape index (κ1) is 25.2. The number of hydrogen-bond donors (Lipinski definition) is 0. The molecule has 9 nitrogen and oxygen atoms in total.